The molecule has 3 aliphatic heterocycles. The van der Waals surface area contributed by atoms with Gasteiger partial charge in [-0.2, -0.15) is 0 Å². The van der Waals surface area contributed by atoms with E-state index in [-0.39, 0.29) is 18.4 Å². The third kappa shape index (κ3) is 3.53. The highest BCUT2D eigenvalue weighted by molar-refractivity contribution is 6.23. The van der Waals surface area contributed by atoms with Crippen LogP contribution in [0.5, 0.6) is 0 Å². The average Bonchev–Trinajstić information content (AvgIpc) is 2.97. The van der Waals surface area contributed by atoms with E-state index in [2.05, 4.69) is 15.1 Å². The van der Waals surface area contributed by atoms with Crippen molar-refractivity contribution in [3.05, 3.63) is 29.3 Å². The standard InChI is InChI=1S/C20H22N4O5/c25-11-1-6-22-7-9-23(10-8-22)13-2-3-14-15(12-13)20(29)24(19(14)28)16-4-5-17(26)21-18(16)27/h2-3,11-12,16H,1,4-10H2,(H,21,26,27). The molecule has 3 heterocycles. The Morgan fingerprint density at radius 3 is 2.41 bits per heavy atom. The molecule has 4 amide bonds. The Bertz CT molecular complexity index is 891. The number of fused-ring (bicyclic) bond motifs is 1. The molecule has 9 heteroatoms. The summed E-state index contributed by atoms with van der Waals surface area (Å²) < 4.78 is 0. The van der Waals surface area contributed by atoms with Crippen molar-refractivity contribution in [2.75, 3.05) is 37.6 Å². The Balaban J connectivity index is 1.50. The SMILES string of the molecule is O=CCCN1CCN(c2ccc3c(c2)C(=O)N(C2CCC(=O)NC2=O)C3=O)CC1. The number of hydrogen-bond acceptors (Lipinski definition) is 7. The Hall–Kier alpha value is -3.07. The summed E-state index contributed by atoms with van der Waals surface area (Å²) in [4.78, 5) is 65.1. The number of benzene rings is 1. The van der Waals surface area contributed by atoms with Gasteiger partial charge in [0.25, 0.3) is 11.8 Å². The minimum Gasteiger partial charge on any atom is -0.369 e. The zero-order valence-corrected chi connectivity index (χ0v) is 15.9. The first-order chi connectivity index (χ1) is 14.0. The van der Waals surface area contributed by atoms with Crippen LogP contribution in [-0.4, -0.2) is 78.5 Å². The molecule has 0 bridgehead atoms. The number of amides is 4. The molecule has 1 aromatic rings. The molecule has 1 aromatic carbocycles. The van der Waals surface area contributed by atoms with Crippen LogP contribution in [0.2, 0.25) is 0 Å². The topological polar surface area (TPSA) is 107 Å². The molecule has 1 N–H and O–H groups in total. The summed E-state index contributed by atoms with van der Waals surface area (Å²) in [5.74, 6) is -1.99. The lowest BCUT2D eigenvalue weighted by atomic mass is 10.0. The van der Waals surface area contributed by atoms with Crippen molar-refractivity contribution in [1.82, 2.24) is 15.1 Å². The van der Waals surface area contributed by atoms with Crippen molar-refractivity contribution >= 4 is 35.6 Å². The van der Waals surface area contributed by atoms with E-state index in [0.717, 1.165) is 49.6 Å². The number of nitrogens with zero attached hydrogens (tertiary/aromatic N) is 3. The molecule has 1 unspecified atom stereocenters. The number of aldehydes is 1. The predicted octanol–water partition coefficient (Wildman–Crippen LogP) is -0.201. The Kier molecular flexibility index (Phi) is 5.14. The lowest BCUT2D eigenvalue weighted by Crippen LogP contribution is -2.54. The molecule has 2 saturated heterocycles. The van der Waals surface area contributed by atoms with Gasteiger partial charge in [-0.1, -0.05) is 0 Å². The first-order valence-corrected chi connectivity index (χ1v) is 9.76. The Morgan fingerprint density at radius 2 is 1.72 bits per heavy atom. The highest BCUT2D eigenvalue weighted by Crippen LogP contribution is 2.31. The van der Waals surface area contributed by atoms with Crippen LogP contribution in [0.1, 0.15) is 40.0 Å². The van der Waals surface area contributed by atoms with E-state index in [1.54, 1.807) is 12.1 Å². The van der Waals surface area contributed by atoms with Crippen LogP contribution in [0.15, 0.2) is 18.2 Å². The zero-order valence-electron chi connectivity index (χ0n) is 15.9. The second-order valence-corrected chi connectivity index (χ2v) is 7.46. The van der Waals surface area contributed by atoms with Gasteiger partial charge < -0.3 is 9.69 Å². The molecular weight excluding hydrogens is 376 g/mol. The van der Waals surface area contributed by atoms with E-state index in [9.17, 15) is 24.0 Å². The quantitative estimate of drug-likeness (QED) is 0.541. The smallest absolute Gasteiger partial charge is 0.262 e. The van der Waals surface area contributed by atoms with Gasteiger partial charge >= 0.3 is 0 Å². The van der Waals surface area contributed by atoms with E-state index in [4.69, 9.17) is 0 Å². The average molecular weight is 398 g/mol. The largest absolute Gasteiger partial charge is 0.369 e. The van der Waals surface area contributed by atoms with E-state index >= 15 is 0 Å². The van der Waals surface area contributed by atoms with Crippen molar-refractivity contribution in [1.29, 1.82) is 0 Å². The van der Waals surface area contributed by atoms with Crippen LogP contribution in [0.25, 0.3) is 0 Å². The molecule has 4 rings (SSSR count). The maximum Gasteiger partial charge on any atom is 0.262 e. The lowest BCUT2D eigenvalue weighted by Gasteiger charge is -2.36. The third-order valence-electron chi connectivity index (χ3n) is 5.72. The van der Waals surface area contributed by atoms with Crippen LogP contribution in [0.3, 0.4) is 0 Å². The van der Waals surface area contributed by atoms with Crippen molar-refractivity contribution < 1.29 is 24.0 Å². The van der Waals surface area contributed by atoms with Crippen molar-refractivity contribution in [3.63, 3.8) is 0 Å². The van der Waals surface area contributed by atoms with Gasteiger partial charge in [-0.15, -0.1) is 0 Å². The van der Waals surface area contributed by atoms with Gasteiger partial charge in [0, 0.05) is 51.3 Å². The number of imide groups is 2. The molecule has 0 radical (unpaired) electrons. The van der Waals surface area contributed by atoms with Gasteiger partial charge in [-0.25, -0.2) is 0 Å². The molecule has 9 nitrogen and oxygen atoms in total. The molecule has 0 aromatic heterocycles. The Morgan fingerprint density at radius 1 is 1.00 bits per heavy atom. The number of carbonyl (C=O) groups excluding carboxylic acids is 5. The minimum absolute atomic E-state index is 0.101. The first kappa shape index (κ1) is 19.3. The summed E-state index contributed by atoms with van der Waals surface area (Å²) in [6.07, 6.45) is 1.69. The molecule has 2 fully saturated rings. The van der Waals surface area contributed by atoms with E-state index < -0.39 is 29.7 Å². The second-order valence-electron chi connectivity index (χ2n) is 7.46. The number of carbonyl (C=O) groups is 5. The zero-order chi connectivity index (χ0) is 20.5. The van der Waals surface area contributed by atoms with Crippen molar-refractivity contribution in [2.24, 2.45) is 0 Å². The fraction of sp³-hybridized carbons (Fsp3) is 0.450. The number of piperazine rings is 1. The highest BCUT2D eigenvalue weighted by atomic mass is 16.2. The van der Waals surface area contributed by atoms with Gasteiger partial charge in [0.2, 0.25) is 11.8 Å². The monoisotopic (exact) mass is 398 g/mol. The number of hydrogen-bond donors (Lipinski definition) is 1. The summed E-state index contributed by atoms with van der Waals surface area (Å²) in [6, 6.07) is 4.21. The summed E-state index contributed by atoms with van der Waals surface area (Å²) in [5.41, 5.74) is 1.43. The molecule has 29 heavy (non-hydrogen) atoms. The number of piperidine rings is 1. The number of anilines is 1. The maximum absolute atomic E-state index is 12.9. The molecular formula is C20H22N4O5. The van der Waals surface area contributed by atoms with Crippen molar-refractivity contribution in [3.8, 4) is 0 Å². The van der Waals surface area contributed by atoms with Crippen LogP contribution in [0.4, 0.5) is 5.69 Å². The summed E-state index contributed by atoms with van der Waals surface area (Å²) in [5, 5.41) is 2.20. The number of nitrogens with one attached hydrogen (secondary N) is 1. The molecule has 0 aliphatic carbocycles. The van der Waals surface area contributed by atoms with Crippen molar-refractivity contribution in [2.45, 2.75) is 25.3 Å². The van der Waals surface area contributed by atoms with Gasteiger partial charge in [0.15, 0.2) is 0 Å². The van der Waals surface area contributed by atoms with Gasteiger partial charge in [0.1, 0.15) is 12.3 Å². The molecule has 0 saturated carbocycles. The fourth-order valence-electron chi connectivity index (χ4n) is 4.12. The highest BCUT2D eigenvalue weighted by Gasteiger charge is 2.44. The second kappa shape index (κ2) is 7.75. The Labute approximate surface area is 167 Å². The predicted molar refractivity (Wildman–Crippen MR) is 102 cm³/mol. The van der Waals surface area contributed by atoms with E-state index in [1.165, 1.54) is 0 Å². The van der Waals surface area contributed by atoms with Gasteiger partial charge in [-0.3, -0.25) is 34.3 Å². The fourth-order valence-corrected chi connectivity index (χ4v) is 4.12. The van der Waals surface area contributed by atoms with Crippen LogP contribution < -0.4 is 10.2 Å². The summed E-state index contributed by atoms with van der Waals surface area (Å²) in [6.45, 7) is 3.91. The number of rotatable bonds is 5. The molecule has 0 spiro atoms. The maximum atomic E-state index is 12.9. The summed E-state index contributed by atoms with van der Waals surface area (Å²) in [7, 11) is 0. The molecule has 3 aliphatic rings. The lowest BCUT2D eigenvalue weighted by molar-refractivity contribution is -0.136. The first-order valence-electron chi connectivity index (χ1n) is 9.76. The van der Waals surface area contributed by atoms with E-state index in [1.807, 2.05) is 6.07 Å². The third-order valence-corrected chi connectivity index (χ3v) is 5.72. The normalized spacial score (nSPS) is 22.7. The van der Waals surface area contributed by atoms with E-state index in [0.29, 0.717) is 12.0 Å². The summed E-state index contributed by atoms with van der Waals surface area (Å²) >= 11 is 0. The molecule has 1 atom stereocenters. The van der Waals surface area contributed by atoms with Crippen LogP contribution in [-0.2, 0) is 14.4 Å². The van der Waals surface area contributed by atoms with Crippen LogP contribution in [0, 0.1) is 0 Å². The van der Waals surface area contributed by atoms with Crippen LogP contribution >= 0.6 is 0 Å². The van der Waals surface area contributed by atoms with Gasteiger partial charge in [0.05, 0.1) is 11.1 Å². The molecule has 152 valence electrons. The van der Waals surface area contributed by atoms with Gasteiger partial charge in [-0.05, 0) is 24.6 Å². The minimum atomic E-state index is -0.954.